The van der Waals surface area contributed by atoms with Gasteiger partial charge in [-0.15, -0.1) is 0 Å². The first kappa shape index (κ1) is 18.6. The molecule has 3 aromatic carbocycles. The minimum atomic E-state index is 0.0670. The second-order valence-electron chi connectivity index (χ2n) is 8.16. The first-order valence-corrected chi connectivity index (χ1v) is 10.5. The number of aromatic nitrogens is 2. The predicted molar refractivity (Wildman–Crippen MR) is 121 cm³/mol. The van der Waals surface area contributed by atoms with E-state index in [9.17, 15) is 4.79 Å². The molecular formula is C26H25N3O. The van der Waals surface area contributed by atoms with Crippen LogP contribution < -0.4 is 4.90 Å². The number of anilines is 1. The Morgan fingerprint density at radius 1 is 0.933 bits per heavy atom. The number of rotatable bonds is 4. The Labute approximate surface area is 176 Å². The summed E-state index contributed by atoms with van der Waals surface area (Å²) < 4.78 is 2.32. The van der Waals surface area contributed by atoms with Crippen LogP contribution in [0.15, 0.2) is 78.9 Å². The van der Waals surface area contributed by atoms with Crippen LogP contribution >= 0.6 is 0 Å². The van der Waals surface area contributed by atoms with E-state index in [0.29, 0.717) is 13.0 Å². The summed E-state index contributed by atoms with van der Waals surface area (Å²) >= 11 is 0. The highest BCUT2D eigenvalue weighted by atomic mass is 16.2. The van der Waals surface area contributed by atoms with Crippen molar-refractivity contribution < 1.29 is 4.79 Å². The van der Waals surface area contributed by atoms with Crippen LogP contribution in [0.5, 0.6) is 0 Å². The Hall–Kier alpha value is -3.40. The molecule has 0 N–H and O–H groups in total. The smallest absolute Gasteiger partial charge is 0.227 e. The maximum atomic E-state index is 12.9. The van der Waals surface area contributed by atoms with Crippen LogP contribution in [0, 0.1) is 6.92 Å². The highest BCUT2D eigenvalue weighted by Crippen LogP contribution is 2.36. The number of carbonyl (C=O) groups excluding carboxylic acids is 1. The summed E-state index contributed by atoms with van der Waals surface area (Å²) in [7, 11) is 0. The van der Waals surface area contributed by atoms with Crippen molar-refractivity contribution in [1.82, 2.24) is 9.55 Å². The summed E-state index contributed by atoms with van der Waals surface area (Å²) in [6.07, 6.45) is 0.485. The average Bonchev–Trinajstić information content (AvgIpc) is 3.35. The topological polar surface area (TPSA) is 38.1 Å². The molecule has 4 nitrogen and oxygen atoms in total. The summed E-state index contributed by atoms with van der Waals surface area (Å²) in [6.45, 7) is 4.93. The standard InChI is InChI=1S/C26H25N3O/c1-18-12-14-22(15-13-18)28-17-21(16-25(28)30)26-27-23-10-6-7-11-24(23)29(26)19(2)20-8-4-3-5-9-20/h3-15,19,21H,16-17H2,1-2H3/t19-,21+/m1/s1. The molecule has 1 aromatic heterocycles. The van der Waals surface area contributed by atoms with Gasteiger partial charge in [-0.1, -0.05) is 60.2 Å². The predicted octanol–water partition coefficient (Wildman–Crippen LogP) is 5.47. The molecule has 5 rings (SSSR count). The van der Waals surface area contributed by atoms with Crippen LogP contribution in [-0.2, 0) is 4.79 Å². The van der Waals surface area contributed by atoms with Crippen LogP contribution in [0.3, 0.4) is 0 Å². The molecule has 1 saturated heterocycles. The number of aryl methyl sites for hydroxylation is 1. The molecule has 4 heteroatoms. The highest BCUT2D eigenvalue weighted by Gasteiger charge is 2.35. The van der Waals surface area contributed by atoms with Gasteiger partial charge in [-0.25, -0.2) is 4.98 Å². The number of imidazole rings is 1. The lowest BCUT2D eigenvalue weighted by Crippen LogP contribution is -2.24. The minimum Gasteiger partial charge on any atom is -0.320 e. The maximum absolute atomic E-state index is 12.9. The lowest BCUT2D eigenvalue weighted by Gasteiger charge is -2.21. The highest BCUT2D eigenvalue weighted by molar-refractivity contribution is 5.96. The van der Waals surface area contributed by atoms with Crippen molar-refractivity contribution in [3.05, 3.63) is 95.8 Å². The number of para-hydroxylation sites is 2. The summed E-state index contributed by atoms with van der Waals surface area (Å²) in [4.78, 5) is 19.8. The van der Waals surface area contributed by atoms with Gasteiger partial charge in [0.2, 0.25) is 5.91 Å². The Balaban J connectivity index is 1.56. The number of nitrogens with zero attached hydrogens (tertiary/aromatic N) is 3. The van der Waals surface area contributed by atoms with Gasteiger partial charge < -0.3 is 9.47 Å². The molecule has 0 aliphatic carbocycles. The lowest BCUT2D eigenvalue weighted by atomic mass is 10.0. The van der Waals surface area contributed by atoms with Gasteiger partial charge in [0.15, 0.2) is 0 Å². The Morgan fingerprint density at radius 3 is 2.40 bits per heavy atom. The van der Waals surface area contributed by atoms with Gasteiger partial charge in [0, 0.05) is 24.6 Å². The molecule has 0 unspecified atom stereocenters. The largest absolute Gasteiger partial charge is 0.320 e. The van der Waals surface area contributed by atoms with Gasteiger partial charge in [-0.2, -0.15) is 0 Å². The SMILES string of the molecule is Cc1ccc(N2C[C@@H](c3nc4ccccc4n3[C@H](C)c3ccccc3)CC2=O)cc1. The average molecular weight is 396 g/mol. The Morgan fingerprint density at radius 2 is 1.63 bits per heavy atom. The molecule has 4 aromatic rings. The van der Waals surface area contributed by atoms with Gasteiger partial charge in [0.25, 0.3) is 0 Å². The normalized spacial score (nSPS) is 17.6. The third-order valence-corrected chi connectivity index (χ3v) is 6.13. The second-order valence-corrected chi connectivity index (χ2v) is 8.16. The molecule has 0 spiro atoms. The fourth-order valence-electron chi connectivity index (χ4n) is 4.49. The zero-order chi connectivity index (χ0) is 20.7. The first-order chi connectivity index (χ1) is 14.6. The molecular weight excluding hydrogens is 370 g/mol. The van der Waals surface area contributed by atoms with E-state index in [0.717, 1.165) is 22.5 Å². The summed E-state index contributed by atoms with van der Waals surface area (Å²) in [5.74, 6) is 1.22. The van der Waals surface area contributed by atoms with Gasteiger partial charge in [0.05, 0.1) is 17.1 Å². The van der Waals surface area contributed by atoms with Crippen LogP contribution in [0.2, 0.25) is 0 Å². The van der Waals surface area contributed by atoms with Crippen molar-refractivity contribution in [2.45, 2.75) is 32.2 Å². The van der Waals surface area contributed by atoms with E-state index < -0.39 is 0 Å². The van der Waals surface area contributed by atoms with Gasteiger partial charge in [0.1, 0.15) is 5.82 Å². The van der Waals surface area contributed by atoms with E-state index in [2.05, 4.69) is 73.0 Å². The number of benzene rings is 3. The number of amides is 1. The number of hydrogen-bond acceptors (Lipinski definition) is 2. The van der Waals surface area contributed by atoms with Gasteiger partial charge in [-0.3, -0.25) is 4.79 Å². The molecule has 2 atom stereocenters. The monoisotopic (exact) mass is 395 g/mol. The Bertz CT molecular complexity index is 1190. The zero-order valence-electron chi connectivity index (χ0n) is 17.3. The molecule has 30 heavy (non-hydrogen) atoms. The van der Waals surface area contributed by atoms with E-state index in [4.69, 9.17) is 4.98 Å². The van der Waals surface area contributed by atoms with Crippen LogP contribution in [0.25, 0.3) is 11.0 Å². The maximum Gasteiger partial charge on any atom is 0.227 e. The number of fused-ring (bicyclic) bond motifs is 1. The van der Waals surface area contributed by atoms with Crippen molar-refractivity contribution in [1.29, 1.82) is 0 Å². The quantitative estimate of drug-likeness (QED) is 0.459. The van der Waals surface area contributed by atoms with Crippen molar-refractivity contribution in [3.8, 4) is 0 Å². The first-order valence-electron chi connectivity index (χ1n) is 10.5. The van der Waals surface area contributed by atoms with Gasteiger partial charge in [-0.05, 0) is 43.7 Å². The number of carbonyl (C=O) groups is 1. The fourth-order valence-corrected chi connectivity index (χ4v) is 4.49. The Kier molecular flexibility index (Phi) is 4.62. The van der Waals surface area contributed by atoms with Crippen LogP contribution in [0.4, 0.5) is 5.69 Å². The molecule has 2 heterocycles. The van der Waals surface area contributed by atoms with E-state index in [1.54, 1.807) is 0 Å². The van der Waals surface area contributed by atoms with Crippen LogP contribution in [0.1, 0.15) is 42.3 Å². The fraction of sp³-hybridized carbons (Fsp3) is 0.231. The van der Waals surface area contributed by atoms with Crippen molar-refractivity contribution in [3.63, 3.8) is 0 Å². The molecule has 1 fully saturated rings. The van der Waals surface area contributed by atoms with E-state index in [-0.39, 0.29) is 17.9 Å². The molecule has 1 aliphatic rings. The summed E-state index contributed by atoms with van der Waals surface area (Å²) in [6, 6.07) is 27.1. The third-order valence-electron chi connectivity index (χ3n) is 6.13. The molecule has 1 aliphatic heterocycles. The molecule has 1 amide bonds. The summed E-state index contributed by atoms with van der Waals surface area (Å²) in [5, 5.41) is 0. The second kappa shape index (κ2) is 7.45. The van der Waals surface area contributed by atoms with E-state index in [1.165, 1.54) is 11.1 Å². The minimum absolute atomic E-state index is 0.0670. The van der Waals surface area contributed by atoms with Crippen LogP contribution in [-0.4, -0.2) is 22.0 Å². The third kappa shape index (κ3) is 3.18. The molecule has 0 saturated carbocycles. The van der Waals surface area contributed by atoms with Crippen molar-refractivity contribution in [2.75, 3.05) is 11.4 Å². The van der Waals surface area contributed by atoms with E-state index in [1.807, 2.05) is 29.2 Å². The summed E-state index contributed by atoms with van der Waals surface area (Å²) in [5.41, 5.74) is 5.50. The number of hydrogen-bond donors (Lipinski definition) is 0. The lowest BCUT2D eigenvalue weighted by molar-refractivity contribution is -0.117. The van der Waals surface area contributed by atoms with Crippen molar-refractivity contribution >= 4 is 22.6 Å². The van der Waals surface area contributed by atoms with E-state index >= 15 is 0 Å². The van der Waals surface area contributed by atoms with Gasteiger partial charge >= 0.3 is 0 Å². The molecule has 150 valence electrons. The van der Waals surface area contributed by atoms with Crippen molar-refractivity contribution in [2.24, 2.45) is 0 Å². The zero-order valence-corrected chi connectivity index (χ0v) is 17.3. The molecule has 0 bridgehead atoms. The molecule has 0 radical (unpaired) electrons.